The Morgan fingerprint density at radius 1 is 1.41 bits per heavy atom. The van der Waals surface area contributed by atoms with E-state index in [0.717, 1.165) is 25.9 Å². The number of hydrogen-bond acceptors (Lipinski definition) is 3. The summed E-state index contributed by atoms with van der Waals surface area (Å²) >= 11 is 3.21. The zero-order valence-electron chi connectivity index (χ0n) is 9.43. The average molecular weight is 299 g/mol. The summed E-state index contributed by atoms with van der Waals surface area (Å²) in [7, 11) is 0. The first-order valence-electron chi connectivity index (χ1n) is 5.95. The van der Waals surface area contributed by atoms with Gasteiger partial charge < -0.3 is 15.1 Å². The molecule has 0 radical (unpaired) electrons. The zero-order valence-corrected chi connectivity index (χ0v) is 11.0. The second kappa shape index (κ2) is 4.14. The Labute approximate surface area is 108 Å². The molecule has 5 heteroatoms. The van der Waals surface area contributed by atoms with Crippen molar-refractivity contribution in [1.29, 1.82) is 0 Å². The molecule has 1 aromatic heterocycles. The number of carbonyl (C=O) groups excluding carboxylic acids is 1. The molecular formula is C12H15BrN2O2. The van der Waals surface area contributed by atoms with Crippen LogP contribution in [0.5, 0.6) is 0 Å². The highest BCUT2D eigenvalue weighted by molar-refractivity contribution is 9.10. The van der Waals surface area contributed by atoms with Crippen molar-refractivity contribution in [2.45, 2.75) is 18.9 Å². The summed E-state index contributed by atoms with van der Waals surface area (Å²) in [6, 6.07) is 3.72. The van der Waals surface area contributed by atoms with Gasteiger partial charge in [0.25, 0.3) is 5.91 Å². The number of hydrogen-bond donors (Lipinski definition) is 1. The Bertz CT molecular complexity index is 445. The van der Waals surface area contributed by atoms with Gasteiger partial charge in [-0.3, -0.25) is 4.79 Å². The van der Waals surface area contributed by atoms with Crippen molar-refractivity contribution >= 4 is 21.8 Å². The number of furan rings is 1. The third-order valence-electron chi connectivity index (χ3n) is 3.98. The molecule has 0 bridgehead atoms. The van der Waals surface area contributed by atoms with Crippen LogP contribution in [-0.4, -0.2) is 29.9 Å². The Morgan fingerprint density at radius 3 is 2.88 bits per heavy atom. The molecule has 1 saturated carbocycles. The van der Waals surface area contributed by atoms with Crippen LogP contribution in [0.1, 0.15) is 23.4 Å². The first-order valence-corrected chi connectivity index (χ1v) is 6.74. The van der Waals surface area contributed by atoms with Crippen LogP contribution in [-0.2, 0) is 0 Å². The Hall–Kier alpha value is -0.810. The average Bonchev–Trinajstić information content (AvgIpc) is 2.96. The molecule has 4 nitrogen and oxygen atoms in total. The van der Waals surface area contributed by atoms with E-state index in [0.29, 0.717) is 22.3 Å². The molecule has 0 spiro atoms. The minimum absolute atomic E-state index is 0.0164. The van der Waals surface area contributed by atoms with Crippen LogP contribution in [0.4, 0.5) is 0 Å². The lowest BCUT2D eigenvalue weighted by Gasteiger charge is -2.17. The predicted octanol–water partition coefficient (Wildman–Crippen LogP) is 1.85. The van der Waals surface area contributed by atoms with Crippen LogP contribution in [0.2, 0.25) is 0 Å². The summed E-state index contributed by atoms with van der Waals surface area (Å²) in [5, 5.41) is 0. The van der Waals surface area contributed by atoms with Crippen molar-refractivity contribution in [3.8, 4) is 0 Å². The fraction of sp³-hybridized carbons (Fsp3) is 0.583. The van der Waals surface area contributed by atoms with Crippen LogP contribution < -0.4 is 5.73 Å². The summed E-state index contributed by atoms with van der Waals surface area (Å²) in [5.41, 5.74) is 6.06. The van der Waals surface area contributed by atoms with Crippen molar-refractivity contribution in [2.75, 3.05) is 13.1 Å². The van der Waals surface area contributed by atoms with Gasteiger partial charge in [-0.2, -0.15) is 0 Å². The Kier molecular flexibility index (Phi) is 2.75. The highest BCUT2D eigenvalue weighted by Crippen LogP contribution is 2.37. The first-order chi connectivity index (χ1) is 8.15. The molecule has 17 heavy (non-hydrogen) atoms. The SMILES string of the molecule is N[C@@H]1CC[C@H]2CN(C(=O)c3ccc(Br)o3)C[C@@H]21. The monoisotopic (exact) mass is 298 g/mol. The van der Waals surface area contributed by atoms with E-state index in [2.05, 4.69) is 15.9 Å². The summed E-state index contributed by atoms with van der Waals surface area (Å²) < 4.78 is 5.90. The molecule has 92 valence electrons. The van der Waals surface area contributed by atoms with E-state index in [1.165, 1.54) is 0 Å². The molecule has 3 atom stereocenters. The number of likely N-dealkylation sites (tertiary alicyclic amines) is 1. The molecule has 2 aliphatic rings. The summed E-state index contributed by atoms with van der Waals surface area (Å²) in [6.45, 7) is 1.61. The lowest BCUT2D eigenvalue weighted by molar-refractivity contribution is 0.0746. The second-order valence-electron chi connectivity index (χ2n) is 4.98. The van der Waals surface area contributed by atoms with Gasteiger partial charge in [0.1, 0.15) is 0 Å². The number of carbonyl (C=O) groups is 1. The molecule has 2 fully saturated rings. The van der Waals surface area contributed by atoms with Crippen LogP contribution >= 0.6 is 15.9 Å². The lowest BCUT2D eigenvalue weighted by atomic mass is 9.98. The fourth-order valence-electron chi connectivity index (χ4n) is 3.06. The molecule has 1 aliphatic carbocycles. The molecule has 2 heterocycles. The van der Waals surface area contributed by atoms with Crippen molar-refractivity contribution < 1.29 is 9.21 Å². The predicted molar refractivity (Wildman–Crippen MR) is 66.5 cm³/mol. The third kappa shape index (κ3) is 1.91. The molecular weight excluding hydrogens is 284 g/mol. The van der Waals surface area contributed by atoms with E-state index in [1.54, 1.807) is 12.1 Å². The Morgan fingerprint density at radius 2 is 2.24 bits per heavy atom. The van der Waals surface area contributed by atoms with Crippen molar-refractivity contribution in [2.24, 2.45) is 17.6 Å². The molecule has 2 N–H and O–H groups in total. The van der Waals surface area contributed by atoms with Crippen LogP contribution in [0.25, 0.3) is 0 Å². The number of nitrogens with two attached hydrogens (primary N) is 1. The van der Waals surface area contributed by atoms with Gasteiger partial charge in [-0.15, -0.1) is 0 Å². The van der Waals surface area contributed by atoms with Gasteiger partial charge >= 0.3 is 0 Å². The third-order valence-corrected chi connectivity index (χ3v) is 4.41. The topological polar surface area (TPSA) is 59.5 Å². The van der Waals surface area contributed by atoms with E-state index < -0.39 is 0 Å². The van der Waals surface area contributed by atoms with E-state index >= 15 is 0 Å². The molecule has 1 amide bonds. The minimum Gasteiger partial charge on any atom is -0.444 e. The summed E-state index contributed by atoms with van der Waals surface area (Å²) in [4.78, 5) is 14.0. The summed E-state index contributed by atoms with van der Waals surface area (Å²) in [6.07, 6.45) is 2.25. The van der Waals surface area contributed by atoms with Gasteiger partial charge in [0.15, 0.2) is 10.4 Å². The van der Waals surface area contributed by atoms with Gasteiger partial charge in [0, 0.05) is 19.1 Å². The fourth-order valence-corrected chi connectivity index (χ4v) is 3.36. The maximum absolute atomic E-state index is 12.2. The molecule has 0 unspecified atom stereocenters. The lowest BCUT2D eigenvalue weighted by Crippen LogP contribution is -2.33. The van der Waals surface area contributed by atoms with Gasteiger partial charge in [-0.05, 0) is 52.7 Å². The molecule has 1 saturated heterocycles. The van der Waals surface area contributed by atoms with E-state index in [1.807, 2.05) is 4.90 Å². The number of fused-ring (bicyclic) bond motifs is 1. The molecule has 1 aromatic rings. The largest absolute Gasteiger partial charge is 0.444 e. The minimum atomic E-state index is -0.0164. The highest BCUT2D eigenvalue weighted by atomic mass is 79.9. The standard InChI is InChI=1S/C12H15BrN2O2/c13-11-4-3-10(17-11)12(16)15-5-7-1-2-9(14)8(7)6-15/h3-4,7-9H,1-2,5-6,14H2/t7-,8-,9+/m0/s1. The molecule has 0 aromatic carbocycles. The number of halogens is 1. The zero-order chi connectivity index (χ0) is 12.0. The first kappa shape index (κ1) is 11.3. The van der Waals surface area contributed by atoms with Crippen LogP contribution in [0.15, 0.2) is 21.2 Å². The van der Waals surface area contributed by atoms with Crippen LogP contribution in [0.3, 0.4) is 0 Å². The van der Waals surface area contributed by atoms with Crippen molar-refractivity contribution in [3.63, 3.8) is 0 Å². The van der Waals surface area contributed by atoms with Gasteiger partial charge in [-0.25, -0.2) is 0 Å². The summed E-state index contributed by atoms with van der Waals surface area (Å²) in [5.74, 6) is 1.47. The van der Waals surface area contributed by atoms with Gasteiger partial charge in [0.05, 0.1) is 0 Å². The van der Waals surface area contributed by atoms with Crippen molar-refractivity contribution in [3.05, 3.63) is 22.6 Å². The second-order valence-corrected chi connectivity index (χ2v) is 5.76. The number of amides is 1. The van der Waals surface area contributed by atoms with Crippen LogP contribution in [0, 0.1) is 11.8 Å². The van der Waals surface area contributed by atoms with Gasteiger partial charge in [0.2, 0.25) is 0 Å². The normalized spacial score (nSPS) is 31.9. The molecule has 3 rings (SSSR count). The van der Waals surface area contributed by atoms with E-state index in [-0.39, 0.29) is 11.9 Å². The highest BCUT2D eigenvalue weighted by Gasteiger charge is 2.42. The van der Waals surface area contributed by atoms with Gasteiger partial charge in [-0.1, -0.05) is 0 Å². The quantitative estimate of drug-likeness (QED) is 0.861. The van der Waals surface area contributed by atoms with E-state index in [9.17, 15) is 4.79 Å². The smallest absolute Gasteiger partial charge is 0.289 e. The number of rotatable bonds is 1. The number of nitrogens with zero attached hydrogens (tertiary/aromatic N) is 1. The Balaban J connectivity index is 1.73. The molecule has 1 aliphatic heterocycles. The maximum atomic E-state index is 12.2. The maximum Gasteiger partial charge on any atom is 0.289 e. The van der Waals surface area contributed by atoms with E-state index in [4.69, 9.17) is 10.2 Å². The van der Waals surface area contributed by atoms with Crippen molar-refractivity contribution in [1.82, 2.24) is 4.90 Å².